The SMILES string of the molecule is CC[C@H]1O[C@@H](C)CC1O[P@]1O[C@](C)(c2ccccc2)[C@@H]2CCCN21. The van der Waals surface area contributed by atoms with E-state index in [1.807, 2.05) is 0 Å². The van der Waals surface area contributed by atoms with Crippen LogP contribution < -0.4 is 0 Å². The minimum absolute atomic E-state index is 0.162. The Morgan fingerprint density at radius 1 is 1.33 bits per heavy atom. The van der Waals surface area contributed by atoms with Crippen molar-refractivity contribution in [1.82, 2.24) is 4.67 Å². The molecule has 0 amide bonds. The predicted molar refractivity (Wildman–Crippen MR) is 95.6 cm³/mol. The molecule has 0 saturated carbocycles. The number of nitrogens with zero attached hydrogens (tertiary/aromatic N) is 1. The first-order chi connectivity index (χ1) is 11.6. The van der Waals surface area contributed by atoms with Crippen molar-refractivity contribution in [2.24, 2.45) is 0 Å². The number of fused-ring (bicyclic) bond motifs is 1. The van der Waals surface area contributed by atoms with Crippen LogP contribution in [0.15, 0.2) is 30.3 Å². The van der Waals surface area contributed by atoms with Crippen molar-refractivity contribution in [2.75, 3.05) is 6.54 Å². The van der Waals surface area contributed by atoms with Gasteiger partial charge in [-0.1, -0.05) is 37.3 Å². The van der Waals surface area contributed by atoms with Crippen LogP contribution in [0.5, 0.6) is 0 Å². The van der Waals surface area contributed by atoms with E-state index in [0.717, 1.165) is 19.4 Å². The molecule has 4 nitrogen and oxygen atoms in total. The van der Waals surface area contributed by atoms with Crippen molar-refractivity contribution in [2.45, 2.75) is 76.4 Å². The molecule has 1 unspecified atom stereocenters. The average Bonchev–Trinajstić information content (AvgIpc) is 3.26. The Hall–Kier alpha value is -0.510. The van der Waals surface area contributed by atoms with Crippen molar-refractivity contribution < 1.29 is 13.8 Å². The molecule has 1 aromatic carbocycles. The van der Waals surface area contributed by atoms with Crippen LogP contribution in [0.3, 0.4) is 0 Å². The average molecular weight is 349 g/mol. The zero-order valence-electron chi connectivity index (χ0n) is 14.9. The number of hydrogen-bond donors (Lipinski definition) is 0. The van der Waals surface area contributed by atoms with E-state index in [2.05, 4.69) is 55.8 Å². The lowest BCUT2D eigenvalue weighted by molar-refractivity contribution is 0.0158. The number of ether oxygens (including phenoxy) is 1. The van der Waals surface area contributed by atoms with Crippen molar-refractivity contribution in [3.8, 4) is 0 Å². The Labute approximate surface area is 146 Å². The lowest BCUT2D eigenvalue weighted by Gasteiger charge is -2.29. The molecule has 3 fully saturated rings. The molecule has 0 spiro atoms. The first-order valence-electron chi connectivity index (χ1n) is 9.25. The highest BCUT2D eigenvalue weighted by Gasteiger charge is 2.55. The van der Waals surface area contributed by atoms with Crippen LogP contribution in [0.1, 0.15) is 52.0 Å². The maximum Gasteiger partial charge on any atom is 0.260 e. The molecule has 3 aliphatic heterocycles. The van der Waals surface area contributed by atoms with Crippen molar-refractivity contribution >= 4 is 8.53 Å². The van der Waals surface area contributed by atoms with E-state index in [1.165, 1.54) is 18.4 Å². The van der Waals surface area contributed by atoms with Gasteiger partial charge in [0, 0.05) is 13.0 Å². The highest BCUT2D eigenvalue weighted by molar-refractivity contribution is 7.45. The normalized spacial score (nSPS) is 42.5. The highest BCUT2D eigenvalue weighted by Crippen LogP contribution is 2.63. The summed E-state index contributed by atoms with van der Waals surface area (Å²) in [7, 11) is -1.01. The van der Waals surface area contributed by atoms with Gasteiger partial charge < -0.3 is 13.8 Å². The van der Waals surface area contributed by atoms with Gasteiger partial charge in [-0.2, -0.15) is 0 Å². The monoisotopic (exact) mass is 349 g/mol. The van der Waals surface area contributed by atoms with Crippen LogP contribution in [-0.2, 0) is 19.4 Å². The van der Waals surface area contributed by atoms with Crippen LogP contribution in [-0.4, -0.2) is 35.6 Å². The Kier molecular flexibility index (Phi) is 4.70. The zero-order valence-corrected chi connectivity index (χ0v) is 15.7. The Balaban J connectivity index is 1.55. The smallest absolute Gasteiger partial charge is 0.260 e. The molecule has 1 aromatic rings. The molecule has 132 valence electrons. The number of benzene rings is 1. The lowest BCUT2D eigenvalue weighted by atomic mass is 9.87. The maximum atomic E-state index is 6.60. The number of hydrogen-bond acceptors (Lipinski definition) is 4. The second-order valence-corrected chi connectivity index (χ2v) is 8.78. The third-order valence-corrected chi connectivity index (χ3v) is 7.58. The van der Waals surface area contributed by atoms with E-state index in [-0.39, 0.29) is 23.9 Å². The molecule has 5 heteroatoms. The van der Waals surface area contributed by atoms with Crippen molar-refractivity contribution in [3.63, 3.8) is 0 Å². The third kappa shape index (κ3) is 2.83. The van der Waals surface area contributed by atoms with Gasteiger partial charge in [-0.25, -0.2) is 4.67 Å². The summed E-state index contributed by atoms with van der Waals surface area (Å²) in [5.74, 6) is 0. The number of rotatable bonds is 4. The van der Waals surface area contributed by atoms with Gasteiger partial charge in [-0.05, 0) is 38.7 Å². The van der Waals surface area contributed by atoms with Crippen LogP contribution in [0.2, 0.25) is 0 Å². The van der Waals surface area contributed by atoms with E-state index in [4.69, 9.17) is 13.8 Å². The van der Waals surface area contributed by atoms with Crippen LogP contribution >= 0.6 is 8.53 Å². The van der Waals surface area contributed by atoms with Gasteiger partial charge in [-0.15, -0.1) is 0 Å². The summed E-state index contributed by atoms with van der Waals surface area (Å²) < 4.78 is 21.6. The van der Waals surface area contributed by atoms with Crippen LogP contribution in [0.25, 0.3) is 0 Å². The molecular weight excluding hydrogens is 321 g/mol. The topological polar surface area (TPSA) is 30.9 Å². The molecule has 0 aliphatic carbocycles. The minimum atomic E-state index is -1.01. The molecule has 3 heterocycles. The van der Waals surface area contributed by atoms with E-state index >= 15 is 0 Å². The summed E-state index contributed by atoms with van der Waals surface area (Å²) in [6.45, 7) is 7.64. The van der Waals surface area contributed by atoms with E-state index in [0.29, 0.717) is 6.04 Å². The summed E-state index contributed by atoms with van der Waals surface area (Å²) >= 11 is 0. The Morgan fingerprint density at radius 3 is 2.88 bits per heavy atom. The maximum absolute atomic E-state index is 6.60. The molecule has 0 bridgehead atoms. The second kappa shape index (κ2) is 6.66. The summed E-state index contributed by atoms with van der Waals surface area (Å²) in [6.07, 6.45) is 5.04. The zero-order chi connectivity index (χ0) is 16.7. The fourth-order valence-corrected chi connectivity index (χ4v) is 6.53. The van der Waals surface area contributed by atoms with E-state index in [9.17, 15) is 0 Å². The molecule has 0 N–H and O–H groups in total. The van der Waals surface area contributed by atoms with Gasteiger partial charge in [0.1, 0.15) is 5.60 Å². The van der Waals surface area contributed by atoms with Gasteiger partial charge >= 0.3 is 0 Å². The fraction of sp³-hybridized carbons (Fsp3) is 0.684. The molecular formula is C19H28NO3P. The quantitative estimate of drug-likeness (QED) is 0.744. The minimum Gasteiger partial charge on any atom is -0.372 e. The standard InChI is InChI=1S/C19H28NO3P/c1-4-16-17(13-14(2)21-16)22-24-20-12-8-11-18(20)19(3,23-24)15-9-6-5-7-10-15/h5-7,9-10,14,16-18H,4,8,11-13H2,1-3H3/t14-,16+,17?,18-,19+,24+/m0/s1. The first-order valence-corrected chi connectivity index (χ1v) is 10.4. The molecule has 0 radical (unpaired) electrons. The largest absolute Gasteiger partial charge is 0.372 e. The highest BCUT2D eigenvalue weighted by atomic mass is 31.2. The van der Waals surface area contributed by atoms with E-state index < -0.39 is 8.53 Å². The first kappa shape index (κ1) is 16.9. The Morgan fingerprint density at radius 2 is 2.12 bits per heavy atom. The molecule has 3 aliphatic rings. The van der Waals surface area contributed by atoms with Gasteiger partial charge in [0.2, 0.25) is 0 Å². The fourth-order valence-electron chi connectivity index (χ4n) is 4.38. The van der Waals surface area contributed by atoms with Crippen molar-refractivity contribution in [1.29, 1.82) is 0 Å². The van der Waals surface area contributed by atoms with Gasteiger partial charge in [-0.3, -0.25) is 0 Å². The summed E-state index contributed by atoms with van der Waals surface area (Å²) in [6, 6.07) is 11.1. The Bertz CT molecular complexity index is 571. The third-order valence-electron chi connectivity index (χ3n) is 5.70. The lowest BCUT2D eigenvalue weighted by Crippen LogP contribution is -2.36. The summed E-state index contributed by atoms with van der Waals surface area (Å²) in [5, 5.41) is 0. The molecule has 3 saturated heterocycles. The molecule has 4 rings (SSSR count). The van der Waals surface area contributed by atoms with Gasteiger partial charge in [0.05, 0.1) is 24.4 Å². The van der Waals surface area contributed by atoms with Crippen LogP contribution in [0, 0.1) is 0 Å². The molecule has 24 heavy (non-hydrogen) atoms. The van der Waals surface area contributed by atoms with Crippen LogP contribution in [0.4, 0.5) is 0 Å². The second-order valence-electron chi connectivity index (χ2n) is 7.40. The van der Waals surface area contributed by atoms with Gasteiger partial charge in [0.15, 0.2) is 0 Å². The summed E-state index contributed by atoms with van der Waals surface area (Å²) in [5.41, 5.74) is 0.995. The van der Waals surface area contributed by atoms with Crippen molar-refractivity contribution in [3.05, 3.63) is 35.9 Å². The summed E-state index contributed by atoms with van der Waals surface area (Å²) in [4.78, 5) is 0. The predicted octanol–water partition coefficient (Wildman–Crippen LogP) is 4.60. The molecule has 6 atom stereocenters. The molecule has 0 aromatic heterocycles. The van der Waals surface area contributed by atoms with Gasteiger partial charge in [0.25, 0.3) is 8.53 Å². The van der Waals surface area contributed by atoms with E-state index in [1.54, 1.807) is 0 Å².